The number of nitrogens with zero attached hydrogens (tertiary/aromatic N) is 2. The average molecular weight is 508 g/mol. The number of ether oxygens (including phenoxy) is 1. The van der Waals surface area contributed by atoms with Crippen molar-refractivity contribution in [3.8, 4) is 0 Å². The van der Waals surface area contributed by atoms with Crippen molar-refractivity contribution in [1.82, 2.24) is 4.90 Å². The zero-order chi connectivity index (χ0) is 25.5. The number of nitrogens with one attached hydrogen (secondary N) is 1. The second kappa shape index (κ2) is 10.2. The number of carbonyl (C=O) groups excluding carboxylic acids is 1. The first-order valence-electron chi connectivity index (χ1n) is 14.4. The van der Waals surface area contributed by atoms with Gasteiger partial charge in [0, 0.05) is 48.7 Å². The summed E-state index contributed by atoms with van der Waals surface area (Å²) in [6.07, 6.45) is 7.70. The highest BCUT2D eigenvalue weighted by Crippen LogP contribution is 2.38. The Balaban J connectivity index is 0.943. The lowest BCUT2D eigenvalue weighted by Gasteiger charge is -2.29. The summed E-state index contributed by atoms with van der Waals surface area (Å²) in [4.78, 5) is 18.2. The van der Waals surface area contributed by atoms with Gasteiger partial charge in [0.25, 0.3) is 5.91 Å². The molecule has 5 nitrogen and oxygen atoms in total. The minimum absolute atomic E-state index is 0.0746. The van der Waals surface area contributed by atoms with E-state index in [-0.39, 0.29) is 5.91 Å². The molecule has 5 heteroatoms. The van der Waals surface area contributed by atoms with Gasteiger partial charge in [0.15, 0.2) is 0 Å². The number of amides is 1. The summed E-state index contributed by atoms with van der Waals surface area (Å²) in [5.74, 6) is 0.676. The highest BCUT2D eigenvalue weighted by Gasteiger charge is 2.44. The monoisotopic (exact) mass is 507 g/mol. The predicted octanol–water partition coefficient (Wildman–Crippen LogP) is 5.69. The molecule has 2 saturated heterocycles. The van der Waals surface area contributed by atoms with Crippen LogP contribution in [0.3, 0.4) is 0 Å². The van der Waals surface area contributed by atoms with E-state index in [1.54, 1.807) is 0 Å². The molecule has 38 heavy (non-hydrogen) atoms. The summed E-state index contributed by atoms with van der Waals surface area (Å²) in [6.45, 7) is 4.12. The van der Waals surface area contributed by atoms with Gasteiger partial charge >= 0.3 is 0 Å². The molecule has 1 amide bonds. The molecular weight excluding hydrogens is 470 g/mol. The SMILES string of the molecule is O=C(Nc1ccc(N2CC[C@@H]3CN(C4Cc5ccccc5C4)C[C@@H]32)cc1)c1ccc(COC2CCC2)cc1. The van der Waals surface area contributed by atoms with Crippen LogP contribution < -0.4 is 10.2 Å². The van der Waals surface area contributed by atoms with Crippen LogP contribution in [0.25, 0.3) is 0 Å². The number of hydrogen-bond donors (Lipinski definition) is 1. The van der Waals surface area contributed by atoms with E-state index in [0.29, 0.717) is 30.4 Å². The zero-order valence-corrected chi connectivity index (χ0v) is 22.0. The second-order valence-electron chi connectivity index (χ2n) is 11.7. The second-order valence-corrected chi connectivity index (χ2v) is 11.7. The van der Waals surface area contributed by atoms with Gasteiger partial charge in [-0.3, -0.25) is 9.69 Å². The lowest BCUT2D eigenvalue weighted by atomic mass is 9.96. The van der Waals surface area contributed by atoms with E-state index < -0.39 is 0 Å². The maximum atomic E-state index is 12.8. The molecule has 0 spiro atoms. The highest BCUT2D eigenvalue weighted by atomic mass is 16.5. The van der Waals surface area contributed by atoms with E-state index >= 15 is 0 Å². The number of likely N-dealkylation sites (tertiary alicyclic amines) is 1. The molecule has 196 valence electrons. The summed E-state index contributed by atoms with van der Waals surface area (Å²) in [5, 5.41) is 3.07. The summed E-state index contributed by atoms with van der Waals surface area (Å²) < 4.78 is 5.88. The van der Waals surface area contributed by atoms with E-state index in [9.17, 15) is 4.79 Å². The minimum Gasteiger partial charge on any atom is -0.374 e. The quantitative estimate of drug-likeness (QED) is 0.447. The van der Waals surface area contributed by atoms with Gasteiger partial charge in [0.1, 0.15) is 0 Å². The third-order valence-corrected chi connectivity index (χ3v) is 9.33. The largest absolute Gasteiger partial charge is 0.374 e. The van der Waals surface area contributed by atoms with E-state index in [1.807, 2.05) is 36.4 Å². The Hall–Kier alpha value is -3.15. The first kappa shape index (κ1) is 23.9. The predicted molar refractivity (Wildman–Crippen MR) is 152 cm³/mol. The van der Waals surface area contributed by atoms with E-state index in [1.165, 1.54) is 61.9 Å². The molecule has 2 heterocycles. The Morgan fingerprint density at radius 1 is 0.868 bits per heavy atom. The van der Waals surface area contributed by atoms with Gasteiger partial charge in [0.05, 0.1) is 12.7 Å². The van der Waals surface area contributed by atoms with Crippen molar-refractivity contribution in [2.24, 2.45) is 5.92 Å². The molecule has 2 atom stereocenters. The minimum atomic E-state index is -0.0746. The van der Waals surface area contributed by atoms with Gasteiger partial charge in [-0.05, 0) is 97.5 Å². The van der Waals surface area contributed by atoms with Crippen LogP contribution in [-0.2, 0) is 24.2 Å². The maximum Gasteiger partial charge on any atom is 0.255 e. The van der Waals surface area contributed by atoms with E-state index in [0.717, 1.165) is 30.3 Å². The van der Waals surface area contributed by atoms with Gasteiger partial charge in [-0.1, -0.05) is 36.4 Å². The Morgan fingerprint density at radius 3 is 2.29 bits per heavy atom. The molecule has 0 bridgehead atoms. The van der Waals surface area contributed by atoms with Gasteiger partial charge in [-0.2, -0.15) is 0 Å². The molecule has 0 radical (unpaired) electrons. The third-order valence-electron chi connectivity index (χ3n) is 9.33. The fraction of sp³-hybridized carbons (Fsp3) is 0.424. The molecule has 3 aromatic rings. The lowest BCUT2D eigenvalue weighted by molar-refractivity contribution is -0.00866. The maximum absolute atomic E-state index is 12.8. The molecule has 0 aromatic heterocycles. The lowest BCUT2D eigenvalue weighted by Crippen LogP contribution is -2.39. The van der Waals surface area contributed by atoms with Crippen LogP contribution in [0.1, 0.15) is 52.7 Å². The molecule has 4 aliphatic rings. The van der Waals surface area contributed by atoms with Gasteiger partial charge in [0.2, 0.25) is 0 Å². The molecule has 1 saturated carbocycles. The normalized spacial score (nSPS) is 23.3. The summed E-state index contributed by atoms with van der Waals surface area (Å²) in [6, 6.07) is 26.4. The van der Waals surface area contributed by atoms with Gasteiger partial charge < -0.3 is 15.0 Å². The molecule has 2 aliphatic carbocycles. The smallest absolute Gasteiger partial charge is 0.255 e. The number of fused-ring (bicyclic) bond motifs is 2. The zero-order valence-electron chi connectivity index (χ0n) is 22.0. The number of benzene rings is 3. The molecule has 0 unspecified atom stereocenters. The molecule has 1 N–H and O–H groups in total. The van der Waals surface area contributed by atoms with Crippen LogP contribution in [0.4, 0.5) is 11.4 Å². The summed E-state index contributed by atoms with van der Waals surface area (Å²) in [7, 11) is 0. The number of carbonyl (C=O) groups is 1. The standard InChI is InChI=1S/C33H37N3O2/c37-33(24-10-8-23(9-11-24)22-38-31-6-3-7-31)34-28-12-14-29(15-13-28)36-17-16-27-20-35(21-32(27)36)30-18-25-4-1-2-5-26(25)19-30/h1-2,4-5,8-15,27,30-32H,3,6-7,16-22H2,(H,34,37)/t27-,32+/m1/s1. The Labute approximate surface area is 225 Å². The first-order valence-corrected chi connectivity index (χ1v) is 14.4. The van der Waals surface area contributed by atoms with Crippen LogP contribution >= 0.6 is 0 Å². The van der Waals surface area contributed by atoms with Crippen LogP contribution in [0.15, 0.2) is 72.8 Å². The molecule has 3 aromatic carbocycles. The van der Waals surface area contributed by atoms with Crippen LogP contribution in [0, 0.1) is 5.92 Å². The van der Waals surface area contributed by atoms with Crippen LogP contribution in [0.5, 0.6) is 0 Å². The van der Waals surface area contributed by atoms with Crippen molar-refractivity contribution >= 4 is 17.3 Å². The number of hydrogen-bond acceptors (Lipinski definition) is 4. The van der Waals surface area contributed by atoms with Crippen LogP contribution in [-0.4, -0.2) is 48.6 Å². The van der Waals surface area contributed by atoms with Crippen molar-refractivity contribution in [3.05, 3.63) is 95.1 Å². The van der Waals surface area contributed by atoms with Crippen molar-refractivity contribution in [1.29, 1.82) is 0 Å². The Kier molecular flexibility index (Phi) is 6.42. The number of rotatable bonds is 7. The average Bonchev–Trinajstić information content (AvgIpc) is 3.63. The molecule has 3 fully saturated rings. The molecular formula is C33H37N3O2. The van der Waals surface area contributed by atoms with Crippen molar-refractivity contribution < 1.29 is 9.53 Å². The molecule has 2 aliphatic heterocycles. The van der Waals surface area contributed by atoms with Gasteiger partial charge in [-0.25, -0.2) is 0 Å². The first-order chi connectivity index (χ1) is 18.7. The van der Waals surface area contributed by atoms with Gasteiger partial charge in [-0.15, -0.1) is 0 Å². The van der Waals surface area contributed by atoms with E-state index in [4.69, 9.17) is 4.74 Å². The molecule has 7 rings (SSSR count). The summed E-state index contributed by atoms with van der Waals surface area (Å²) in [5.41, 5.74) is 6.97. The Morgan fingerprint density at radius 2 is 1.61 bits per heavy atom. The van der Waals surface area contributed by atoms with Crippen LogP contribution in [0.2, 0.25) is 0 Å². The van der Waals surface area contributed by atoms with Crippen molar-refractivity contribution in [3.63, 3.8) is 0 Å². The van der Waals surface area contributed by atoms with Crippen molar-refractivity contribution in [2.75, 3.05) is 29.9 Å². The fourth-order valence-electron chi connectivity index (χ4n) is 6.85. The third kappa shape index (κ3) is 4.74. The van der Waals surface area contributed by atoms with E-state index in [2.05, 4.69) is 51.5 Å². The number of anilines is 2. The topological polar surface area (TPSA) is 44.8 Å². The highest BCUT2D eigenvalue weighted by molar-refractivity contribution is 6.04. The Bertz CT molecular complexity index is 1260. The summed E-state index contributed by atoms with van der Waals surface area (Å²) >= 11 is 0. The van der Waals surface area contributed by atoms with Crippen molar-refractivity contribution in [2.45, 2.75) is 63.3 Å². The fourth-order valence-corrected chi connectivity index (χ4v) is 6.85.